The van der Waals surface area contributed by atoms with Crippen LogP contribution in [0.15, 0.2) is 18.3 Å². The molecule has 16 heavy (non-hydrogen) atoms. The summed E-state index contributed by atoms with van der Waals surface area (Å²) in [5.74, 6) is 1.40. The van der Waals surface area contributed by atoms with Gasteiger partial charge < -0.3 is 5.32 Å². The van der Waals surface area contributed by atoms with Crippen LogP contribution in [0.2, 0.25) is 0 Å². The largest absolute Gasteiger partial charge is 0.348 e. The Hall–Kier alpha value is -1.10. The summed E-state index contributed by atoms with van der Waals surface area (Å²) in [5, 5.41) is 2.93. The van der Waals surface area contributed by atoms with Gasteiger partial charge >= 0.3 is 0 Å². The maximum atomic E-state index is 12.6. The fraction of sp³-hybridized carbons (Fsp3) is 0.455. The number of hydrogen-bond acceptors (Lipinski definition) is 3. The van der Waals surface area contributed by atoms with E-state index < -0.39 is 5.95 Å². The summed E-state index contributed by atoms with van der Waals surface area (Å²) < 4.78 is 12.6. The van der Waals surface area contributed by atoms with Gasteiger partial charge in [0.2, 0.25) is 5.95 Å². The fourth-order valence-corrected chi connectivity index (χ4v) is 2.71. The number of rotatable bonds is 2. The molecule has 5 heteroatoms. The highest BCUT2D eigenvalue weighted by atomic mass is 32.2. The quantitative estimate of drug-likeness (QED) is 0.802. The summed E-state index contributed by atoms with van der Waals surface area (Å²) in [7, 11) is 0. The summed E-state index contributed by atoms with van der Waals surface area (Å²) in [6.45, 7) is 0. The van der Waals surface area contributed by atoms with Crippen molar-refractivity contribution in [2.45, 2.75) is 18.9 Å². The second-order valence-electron chi connectivity index (χ2n) is 3.76. The van der Waals surface area contributed by atoms with Crippen LogP contribution >= 0.6 is 11.8 Å². The number of halogens is 1. The molecule has 1 amide bonds. The van der Waals surface area contributed by atoms with Crippen molar-refractivity contribution in [3.05, 3.63) is 29.8 Å². The second kappa shape index (κ2) is 5.30. The van der Waals surface area contributed by atoms with Crippen molar-refractivity contribution < 1.29 is 9.18 Å². The molecule has 1 atom stereocenters. The molecule has 1 saturated heterocycles. The smallest absolute Gasteiger partial charge is 0.253 e. The van der Waals surface area contributed by atoms with E-state index in [2.05, 4.69) is 10.3 Å². The number of nitrogens with zero attached hydrogens (tertiary/aromatic N) is 1. The topological polar surface area (TPSA) is 42.0 Å². The summed E-state index contributed by atoms with van der Waals surface area (Å²) >= 11 is 1.85. The van der Waals surface area contributed by atoms with E-state index in [-0.39, 0.29) is 11.9 Å². The average Bonchev–Trinajstić information content (AvgIpc) is 2.31. The van der Waals surface area contributed by atoms with E-state index in [1.807, 2.05) is 11.8 Å². The third-order valence-corrected chi connectivity index (χ3v) is 3.70. The number of thioether (sulfide) groups is 1. The number of pyridine rings is 1. The van der Waals surface area contributed by atoms with Crippen LogP contribution < -0.4 is 5.32 Å². The van der Waals surface area contributed by atoms with E-state index in [1.165, 1.54) is 24.1 Å². The van der Waals surface area contributed by atoms with Gasteiger partial charge in [-0.3, -0.25) is 4.79 Å². The maximum absolute atomic E-state index is 12.6. The Kier molecular flexibility index (Phi) is 3.77. The molecule has 1 aromatic rings. The Balaban J connectivity index is 1.94. The van der Waals surface area contributed by atoms with Gasteiger partial charge in [0.15, 0.2) is 0 Å². The highest BCUT2D eigenvalue weighted by Gasteiger charge is 2.16. The number of hydrogen-bond donors (Lipinski definition) is 1. The first-order valence-corrected chi connectivity index (χ1v) is 6.41. The zero-order valence-electron chi connectivity index (χ0n) is 8.78. The van der Waals surface area contributed by atoms with E-state index >= 15 is 0 Å². The average molecular weight is 240 g/mol. The first kappa shape index (κ1) is 11.4. The number of nitrogens with one attached hydrogen (secondary N) is 1. The molecule has 1 unspecified atom stereocenters. The molecule has 0 bridgehead atoms. The first-order chi connectivity index (χ1) is 7.75. The predicted molar refractivity (Wildman–Crippen MR) is 62.0 cm³/mol. The molecule has 1 fully saturated rings. The Morgan fingerprint density at radius 3 is 3.06 bits per heavy atom. The van der Waals surface area contributed by atoms with Gasteiger partial charge in [-0.25, -0.2) is 4.98 Å². The lowest BCUT2D eigenvalue weighted by atomic mass is 10.1. The Morgan fingerprint density at radius 1 is 1.56 bits per heavy atom. The van der Waals surface area contributed by atoms with Crippen LogP contribution in [0, 0.1) is 5.95 Å². The van der Waals surface area contributed by atoms with Crippen molar-refractivity contribution >= 4 is 17.7 Å². The van der Waals surface area contributed by atoms with Crippen LogP contribution in [0.5, 0.6) is 0 Å². The highest BCUT2D eigenvalue weighted by Crippen LogP contribution is 2.17. The van der Waals surface area contributed by atoms with E-state index in [4.69, 9.17) is 0 Å². The summed E-state index contributed by atoms with van der Waals surface area (Å²) in [4.78, 5) is 15.2. The van der Waals surface area contributed by atoms with Gasteiger partial charge in [-0.15, -0.1) is 0 Å². The molecule has 0 radical (unpaired) electrons. The van der Waals surface area contributed by atoms with Gasteiger partial charge in [-0.05, 0) is 30.7 Å². The molecule has 86 valence electrons. The fourth-order valence-electron chi connectivity index (χ4n) is 1.63. The van der Waals surface area contributed by atoms with Crippen LogP contribution in [0.3, 0.4) is 0 Å². The predicted octanol–water partition coefficient (Wildman–Crippen LogP) is 1.85. The SMILES string of the molecule is O=C(NC1CCCSC1)c1ccc(F)nc1. The maximum Gasteiger partial charge on any atom is 0.253 e. The minimum Gasteiger partial charge on any atom is -0.348 e. The number of carbonyl (C=O) groups excluding carboxylic acids is 1. The molecular weight excluding hydrogens is 227 g/mol. The standard InChI is InChI=1S/C11H13FN2OS/c12-10-4-3-8(6-13-10)11(15)14-9-2-1-5-16-7-9/h3-4,6,9H,1-2,5,7H2,(H,14,15). The van der Waals surface area contributed by atoms with Crippen molar-refractivity contribution in [3.63, 3.8) is 0 Å². The van der Waals surface area contributed by atoms with Gasteiger partial charge in [0.1, 0.15) is 0 Å². The minimum absolute atomic E-state index is 0.167. The molecule has 1 N–H and O–H groups in total. The van der Waals surface area contributed by atoms with Crippen LogP contribution in [-0.2, 0) is 0 Å². The number of carbonyl (C=O) groups is 1. The zero-order valence-corrected chi connectivity index (χ0v) is 9.60. The molecule has 0 saturated carbocycles. The van der Waals surface area contributed by atoms with E-state index in [1.54, 1.807) is 0 Å². The van der Waals surface area contributed by atoms with Crippen molar-refractivity contribution in [1.82, 2.24) is 10.3 Å². The number of aromatic nitrogens is 1. The highest BCUT2D eigenvalue weighted by molar-refractivity contribution is 7.99. The van der Waals surface area contributed by atoms with E-state index in [0.29, 0.717) is 5.56 Å². The van der Waals surface area contributed by atoms with Crippen LogP contribution in [0.25, 0.3) is 0 Å². The molecule has 0 aromatic carbocycles. The minimum atomic E-state index is -0.565. The normalized spacial score (nSPS) is 20.4. The molecule has 2 heterocycles. The molecule has 3 nitrogen and oxygen atoms in total. The van der Waals surface area contributed by atoms with Crippen molar-refractivity contribution in [2.75, 3.05) is 11.5 Å². The van der Waals surface area contributed by atoms with Gasteiger partial charge in [-0.2, -0.15) is 16.2 Å². The molecule has 1 aromatic heterocycles. The van der Waals surface area contributed by atoms with Crippen LogP contribution in [0.1, 0.15) is 23.2 Å². The Labute approximate surface area is 97.8 Å². The third kappa shape index (κ3) is 2.95. The molecule has 1 aliphatic heterocycles. The molecule has 0 aliphatic carbocycles. The van der Waals surface area contributed by atoms with Gasteiger partial charge in [-0.1, -0.05) is 0 Å². The lowest BCUT2D eigenvalue weighted by molar-refractivity contribution is 0.0938. The van der Waals surface area contributed by atoms with Crippen LogP contribution in [0.4, 0.5) is 4.39 Å². The monoisotopic (exact) mass is 240 g/mol. The summed E-state index contributed by atoms with van der Waals surface area (Å²) in [5.41, 5.74) is 0.414. The van der Waals surface area contributed by atoms with Gasteiger partial charge in [0.05, 0.1) is 5.56 Å². The molecule has 0 spiro atoms. The van der Waals surface area contributed by atoms with Gasteiger partial charge in [0, 0.05) is 18.0 Å². The van der Waals surface area contributed by atoms with Crippen LogP contribution in [-0.4, -0.2) is 28.4 Å². The van der Waals surface area contributed by atoms with Crippen molar-refractivity contribution in [1.29, 1.82) is 0 Å². The van der Waals surface area contributed by atoms with Crippen molar-refractivity contribution in [2.24, 2.45) is 0 Å². The Bertz CT molecular complexity index is 363. The molecule has 1 aliphatic rings. The number of amides is 1. The zero-order chi connectivity index (χ0) is 11.4. The lowest BCUT2D eigenvalue weighted by Crippen LogP contribution is -2.38. The van der Waals surface area contributed by atoms with E-state index in [0.717, 1.165) is 18.6 Å². The van der Waals surface area contributed by atoms with E-state index in [9.17, 15) is 9.18 Å². The second-order valence-corrected chi connectivity index (χ2v) is 4.91. The summed E-state index contributed by atoms with van der Waals surface area (Å²) in [6, 6.07) is 2.88. The van der Waals surface area contributed by atoms with Gasteiger partial charge in [0.25, 0.3) is 5.91 Å². The Morgan fingerprint density at radius 2 is 2.44 bits per heavy atom. The summed E-state index contributed by atoms with van der Waals surface area (Å²) in [6.07, 6.45) is 3.42. The van der Waals surface area contributed by atoms with Crippen molar-refractivity contribution in [3.8, 4) is 0 Å². The first-order valence-electron chi connectivity index (χ1n) is 5.26. The molecule has 2 rings (SSSR count). The third-order valence-electron chi connectivity index (χ3n) is 2.49. The lowest BCUT2D eigenvalue weighted by Gasteiger charge is -2.22. The molecular formula is C11H13FN2OS.